The Morgan fingerprint density at radius 3 is 2.35 bits per heavy atom. The molecule has 1 heterocycles. The molecule has 0 N–H and O–H groups in total. The molecule has 23 heavy (non-hydrogen) atoms. The maximum absolute atomic E-state index is 10.9. The van der Waals surface area contributed by atoms with Gasteiger partial charge in [-0.15, -0.1) is 0 Å². The number of aldehydes is 1. The molecule has 0 aliphatic heterocycles. The van der Waals surface area contributed by atoms with E-state index in [0.717, 1.165) is 11.8 Å². The van der Waals surface area contributed by atoms with Crippen LogP contribution in [0.3, 0.4) is 0 Å². The van der Waals surface area contributed by atoms with Gasteiger partial charge in [0.25, 0.3) is 0 Å². The van der Waals surface area contributed by atoms with Gasteiger partial charge < -0.3 is 8.99 Å². The highest BCUT2D eigenvalue weighted by Crippen LogP contribution is 2.37. The Morgan fingerprint density at radius 2 is 1.78 bits per heavy atom. The Morgan fingerprint density at radius 1 is 1.17 bits per heavy atom. The predicted octanol–water partition coefficient (Wildman–Crippen LogP) is 4.27. The lowest BCUT2D eigenvalue weighted by molar-refractivity contribution is 0.111. The lowest BCUT2D eigenvalue weighted by Gasteiger charge is -2.36. The molecule has 1 aromatic heterocycles. The van der Waals surface area contributed by atoms with Gasteiger partial charge in [0.05, 0.1) is 19.1 Å². The van der Waals surface area contributed by atoms with Gasteiger partial charge in [-0.25, -0.2) is 4.98 Å². The highest BCUT2D eigenvalue weighted by Gasteiger charge is 2.36. The van der Waals surface area contributed by atoms with Gasteiger partial charge in [-0.1, -0.05) is 45.0 Å². The average Bonchev–Trinajstić information content (AvgIpc) is 2.92. The third-order valence-corrected chi connectivity index (χ3v) is 9.13. The smallest absolute Gasteiger partial charge is 0.192 e. The Labute approximate surface area is 139 Å². The lowest BCUT2D eigenvalue weighted by Crippen LogP contribution is -2.40. The Kier molecular flexibility index (Phi) is 5.22. The standard InChI is InChI=1S/C18H26N2O2Si/c1-18(2,3)23(4,5)22-13-16-8-6-15(7-9-16)11-20-14-19-10-17(20)12-21/h6-10,12,14H,11,13H2,1-5H3. The summed E-state index contributed by atoms with van der Waals surface area (Å²) in [5, 5.41) is 0.222. The largest absolute Gasteiger partial charge is 0.413 e. The maximum atomic E-state index is 10.9. The van der Waals surface area contributed by atoms with Gasteiger partial charge in [-0.05, 0) is 29.3 Å². The van der Waals surface area contributed by atoms with Crippen molar-refractivity contribution in [1.82, 2.24) is 9.55 Å². The minimum absolute atomic E-state index is 0.222. The minimum Gasteiger partial charge on any atom is -0.413 e. The first kappa shape index (κ1) is 17.6. The van der Waals surface area contributed by atoms with Crippen molar-refractivity contribution in [1.29, 1.82) is 0 Å². The van der Waals surface area contributed by atoms with Crippen LogP contribution in [-0.2, 0) is 17.6 Å². The van der Waals surface area contributed by atoms with Crippen LogP contribution in [0, 0.1) is 0 Å². The number of aromatic nitrogens is 2. The van der Waals surface area contributed by atoms with Gasteiger partial charge in [0.15, 0.2) is 14.6 Å². The first-order chi connectivity index (χ1) is 10.7. The molecular formula is C18H26N2O2Si. The van der Waals surface area contributed by atoms with E-state index in [4.69, 9.17) is 4.43 Å². The number of carbonyl (C=O) groups is 1. The van der Waals surface area contributed by atoms with Crippen molar-refractivity contribution in [2.75, 3.05) is 0 Å². The SMILES string of the molecule is CC(C)(C)[Si](C)(C)OCc1ccc(Cn2cncc2C=O)cc1. The molecular weight excluding hydrogens is 304 g/mol. The molecule has 0 spiro atoms. The van der Waals surface area contributed by atoms with Crippen LogP contribution in [0.25, 0.3) is 0 Å². The molecule has 0 bridgehead atoms. The average molecular weight is 331 g/mol. The van der Waals surface area contributed by atoms with Crippen molar-refractivity contribution in [3.63, 3.8) is 0 Å². The van der Waals surface area contributed by atoms with Crippen LogP contribution < -0.4 is 0 Å². The lowest BCUT2D eigenvalue weighted by atomic mass is 10.1. The summed E-state index contributed by atoms with van der Waals surface area (Å²) in [6.45, 7) is 12.6. The molecule has 0 saturated heterocycles. The van der Waals surface area contributed by atoms with E-state index in [0.29, 0.717) is 18.8 Å². The van der Waals surface area contributed by atoms with E-state index in [-0.39, 0.29) is 5.04 Å². The van der Waals surface area contributed by atoms with Gasteiger partial charge in [-0.2, -0.15) is 0 Å². The highest BCUT2D eigenvalue weighted by atomic mass is 28.4. The third-order valence-electron chi connectivity index (χ3n) is 4.65. The number of hydrogen-bond donors (Lipinski definition) is 0. The first-order valence-corrected chi connectivity index (χ1v) is 10.8. The molecule has 0 aliphatic rings. The summed E-state index contributed by atoms with van der Waals surface area (Å²) >= 11 is 0. The highest BCUT2D eigenvalue weighted by molar-refractivity contribution is 6.74. The number of hydrogen-bond acceptors (Lipinski definition) is 3. The zero-order valence-corrected chi connectivity index (χ0v) is 15.7. The quantitative estimate of drug-likeness (QED) is 0.587. The molecule has 0 atom stereocenters. The van der Waals surface area contributed by atoms with Gasteiger partial charge >= 0.3 is 0 Å². The van der Waals surface area contributed by atoms with Crippen LogP contribution in [0.1, 0.15) is 42.4 Å². The monoisotopic (exact) mass is 330 g/mol. The third kappa shape index (κ3) is 4.39. The van der Waals surface area contributed by atoms with Crippen LogP contribution in [0.4, 0.5) is 0 Å². The predicted molar refractivity (Wildman–Crippen MR) is 95.1 cm³/mol. The summed E-state index contributed by atoms with van der Waals surface area (Å²) in [7, 11) is -1.72. The molecule has 0 aliphatic carbocycles. The van der Waals surface area contributed by atoms with Crippen LogP contribution in [0.15, 0.2) is 36.8 Å². The summed E-state index contributed by atoms with van der Waals surface area (Å²) in [4.78, 5) is 14.9. The zero-order chi connectivity index (χ0) is 17.1. The normalized spacial score (nSPS) is 12.4. The van der Waals surface area contributed by atoms with E-state index in [1.165, 1.54) is 5.56 Å². The Balaban J connectivity index is 1.99. The Hall–Kier alpha value is -1.72. The van der Waals surface area contributed by atoms with Gasteiger partial charge in [-0.3, -0.25) is 4.79 Å². The second-order valence-corrected chi connectivity index (χ2v) is 12.2. The molecule has 0 unspecified atom stereocenters. The van der Waals surface area contributed by atoms with Crippen molar-refractivity contribution < 1.29 is 9.22 Å². The van der Waals surface area contributed by atoms with Crippen molar-refractivity contribution in [2.24, 2.45) is 0 Å². The second kappa shape index (κ2) is 6.80. The van der Waals surface area contributed by atoms with Gasteiger partial charge in [0.1, 0.15) is 5.69 Å². The van der Waals surface area contributed by atoms with Gasteiger partial charge in [0, 0.05) is 6.54 Å². The molecule has 124 valence electrons. The van der Waals surface area contributed by atoms with Crippen molar-refractivity contribution >= 4 is 14.6 Å². The first-order valence-electron chi connectivity index (χ1n) is 7.90. The molecule has 0 radical (unpaired) electrons. The summed E-state index contributed by atoms with van der Waals surface area (Å²) in [6.07, 6.45) is 4.08. The summed E-state index contributed by atoms with van der Waals surface area (Å²) in [5.41, 5.74) is 2.91. The number of rotatable bonds is 6. The van der Waals surface area contributed by atoms with E-state index >= 15 is 0 Å². The Bertz CT molecular complexity index is 654. The summed E-state index contributed by atoms with van der Waals surface area (Å²) in [6, 6.07) is 8.36. The van der Waals surface area contributed by atoms with Crippen LogP contribution in [0.2, 0.25) is 18.1 Å². The van der Waals surface area contributed by atoms with Crippen molar-refractivity contribution in [3.8, 4) is 0 Å². The van der Waals surface area contributed by atoms with E-state index in [2.05, 4.69) is 63.1 Å². The van der Waals surface area contributed by atoms with Crippen LogP contribution in [-0.4, -0.2) is 24.2 Å². The van der Waals surface area contributed by atoms with E-state index in [1.54, 1.807) is 12.5 Å². The maximum Gasteiger partial charge on any atom is 0.192 e. The number of benzene rings is 1. The fraction of sp³-hybridized carbons (Fsp3) is 0.444. The number of carbonyl (C=O) groups excluding carboxylic acids is 1. The zero-order valence-electron chi connectivity index (χ0n) is 14.7. The molecule has 0 fully saturated rings. The molecule has 4 nitrogen and oxygen atoms in total. The topological polar surface area (TPSA) is 44.1 Å². The second-order valence-electron chi connectivity index (χ2n) is 7.43. The van der Waals surface area contributed by atoms with Crippen molar-refractivity contribution in [2.45, 2.75) is 52.1 Å². The fourth-order valence-electron chi connectivity index (χ4n) is 1.98. The minimum atomic E-state index is -1.72. The molecule has 0 saturated carbocycles. The molecule has 2 aromatic rings. The van der Waals surface area contributed by atoms with E-state index in [1.807, 2.05) is 4.57 Å². The fourth-order valence-corrected chi connectivity index (χ4v) is 2.94. The van der Waals surface area contributed by atoms with E-state index in [9.17, 15) is 4.79 Å². The summed E-state index contributed by atoms with van der Waals surface area (Å²) in [5.74, 6) is 0. The van der Waals surface area contributed by atoms with E-state index < -0.39 is 8.32 Å². The number of imidazole rings is 1. The molecule has 2 rings (SSSR count). The van der Waals surface area contributed by atoms with Crippen LogP contribution >= 0.6 is 0 Å². The van der Waals surface area contributed by atoms with Gasteiger partial charge in [0.2, 0.25) is 0 Å². The molecule has 5 heteroatoms. The summed E-state index contributed by atoms with van der Waals surface area (Å²) < 4.78 is 8.08. The van der Waals surface area contributed by atoms with Crippen LogP contribution in [0.5, 0.6) is 0 Å². The molecule has 0 amide bonds. The molecule has 1 aromatic carbocycles. The van der Waals surface area contributed by atoms with Crippen molar-refractivity contribution in [3.05, 3.63) is 53.6 Å². The number of nitrogens with zero attached hydrogens (tertiary/aromatic N) is 2.